The van der Waals surface area contributed by atoms with Crippen molar-refractivity contribution < 1.29 is 14.7 Å². The lowest BCUT2D eigenvalue weighted by atomic mass is 9.70. The minimum Gasteiger partial charge on any atom is -0.481 e. The second-order valence-corrected chi connectivity index (χ2v) is 7.49. The van der Waals surface area contributed by atoms with Crippen LogP contribution >= 0.6 is 0 Å². The van der Waals surface area contributed by atoms with E-state index in [2.05, 4.69) is 26.1 Å². The van der Waals surface area contributed by atoms with Gasteiger partial charge >= 0.3 is 5.97 Å². The summed E-state index contributed by atoms with van der Waals surface area (Å²) in [4.78, 5) is 22.1. The fourth-order valence-corrected chi connectivity index (χ4v) is 3.14. The van der Waals surface area contributed by atoms with E-state index in [-0.39, 0.29) is 12.3 Å². The maximum atomic E-state index is 11.7. The summed E-state index contributed by atoms with van der Waals surface area (Å²) in [5.41, 5.74) is 0.401. The number of carbonyl (C=O) groups is 2. The smallest absolute Gasteiger partial charge is 0.303 e. The zero-order chi connectivity index (χ0) is 15.9. The normalized spacial score (nSPS) is 22.8. The van der Waals surface area contributed by atoms with Gasteiger partial charge in [0.05, 0.1) is 0 Å². The summed E-state index contributed by atoms with van der Waals surface area (Å²) in [6.45, 7) is 7.74. The Kier molecular flexibility index (Phi) is 7.20. The Hall–Kier alpha value is -1.06. The molecule has 4 nitrogen and oxygen atoms in total. The Morgan fingerprint density at radius 2 is 1.62 bits per heavy atom. The van der Waals surface area contributed by atoms with Crippen LogP contribution in [-0.4, -0.2) is 23.5 Å². The molecule has 0 atom stereocenters. The summed E-state index contributed by atoms with van der Waals surface area (Å²) >= 11 is 0. The number of carbonyl (C=O) groups excluding carboxylic acids is 1. The van der Waals surface area contributed by atoms with Crippen LogP contribution in [0.25, 0.3) is 0 Å². The van der Waals surface area contributed by atoms with Gasteiger partial charge in [-0.15, -0.1) is 0 Å². The molecular weight excluding hydrogens is 266 g/mol. The highest BCUT2D eigenvalue weighted by molar-refractivity contribution is 5.75. The summed E-state index contributed by atoms with van der Waals surface area (Å²) in [5, 5.41) is 11.5. The van der Waals surface area contributed by atoms with Crippen molar-refractivity contribution in [2.45, 2.75) is 72.1 Å². The van der Waals surface area contributed by atoms with Crippen LogP contribution in [0.1, 0.15) is 72.1 Å². The van der Waals surface area contributed by atoms with E-state index in [1.807, 2.05) is 0 Å². The van der Waals surface area contributed by atoms with Crippen molar-refractivity contribution in [3.8, 4) is 0 Å². The molecule has 1 saturated carbocycles. The second kappa shape index (κ2) is 8.40. The second-order valence-electron chi connectivity index (χ2n) is 7.49. The molecule has 0 spiro atoms. The van der Waals surface area contributed by atoms with Crippen LogP contribution in [0.4, 0.5) is 0 Å². The molecule has 2 N–H and O–H groups in total. The first-order valence-electron chi connectivity index (χ1n) is 8.27. The summed E-state index contributed by atoms with van der Waals surface area (Å²) in [5.74, 6) is 0.705. The molecule has 0 heterocycles. The fraction of sp³-hybridized carbons (Fsp3) is 0.882. The topological polar surface area (TPSA) is 66.4 Å². The van der Waals surface area contributed by atoms with Gasteiger partial charge in [0, 0.05) is 19.4 Å². The van der Waals surface area contributed by atoms with Crippen molar-refractivity contribution in [2.24, 2.45) is 17.3 Å². The van der Waals surface area contributed by atoms with Gasteiger partial charge in [-0.1, -0.05) is 20.8 Å². The van der Waals surface area contributed by atoms with Crippen molar-refractivity contribution in [3.05, 3.63) is 0 Å². The molecular formula is C17H31NO3. The summed E-state index contributed by atoms with van der Waals surface area (Å²) in [6.07, 6.45) is 6.80. The number of carboxylic acid groups (broad SMARTS) is 1. The quantitative estimate of drug-likeness (QED) is 0.706. The Balaban J connectivity index is 2.11. The zero-order valence-corrected chi connectivity index (χ0v) is 13.8. The van der Waals surface area contributed by atoms with Crippen LogP contribution in [0.2, 0.25) is 0 Å². The molecule has 0 radical (unpaired) electrons. The van der Waals surface area contributed by atoms with Crippen LogP contribution < -0.4 is 5.32 Å². The van der Waals surface area contributed by atoms with Crippen molar-refractivity contribution >= 4 is 11.9 Å². The van der Waals surface area contributed by atoms with Gasteiger partial charge in [-0.3, -0.25) is 9.59 Å². The van der Waals surface area contributed by atoms with Gasteiger partial charge in [0.15, 0.2) is 0 Å². The minimum atomic E-state index is -0.786. The van der Waals surface area contributed by atoms with E-state index in [0.717, 1.165) is 12.5 Å². The molecule has 1 aliphatic carbocycles. The highest BCUT2D eigenvalue weighted by Gasteiger charge is 2.29. The van der Waals surface area contributed by atoms with E-state index in [0.29, 0.717) is 30.6 Å². The largest absolute Gasteiger partial charge is 0.481 e. The number of rotatable bonds is 7. The summed E-state index contributed by atoms with van der Waals surface area (Å²) in [7, 11) is 0. The molecule has 0 unspecified atom stereocenters. The first kappa shape index (κ1) is 18.0. The first-order chi connectivity index (χ1) is 9.79. The predicted molar refractivity (Wildman–Crippen MR) is 84.0 cm³/mol. The lowest BCUT2D eigenvalue weighted by molar-refractivity contribution is -0.137. The van der Waals surface area contributed by atoms with Crippen molar-refractivity contribution in [3.63, 3.8) is 0 Å². The van der Waals surface area contributed by atoms with E-state index in [1.165, 1.54) is 25.7 Å². The third-order valence-electron chi connectivity index (χ3n) is 4.70. The Labute approximate surface area is 128 Å². The van der Waals surface area contributed by atoms with E-state index in [1.54, 1.807) is 0 Å². The Morgan fingerprint density at radius 3 is 2.14 bits per heavy atom. The monoisotopic (exact) mass is 297 g/mol. The minimum absolute atomic E-state index is 0.0679. The highest BCUT2D eigenvalue weighted by atomic mass is 16.4. The maximum Gasteiger partial charge on any atom is 0.303 e. The van der Waals surface area contributed by atoms with Gasteiger partial charge in [-0.25, -0.2) is 0 Å². The van der Waals surface area contributed by atoms with Crippen LogP contribution in [0.15, 0.2) is 0 Å². The van der Waals surface area contributed by atoms with Gasteiger partial charge < -0.3 is 10.4 Å². The standard InChI is InChI=1S/C17H31NO3/c1-17(2,3)14-10-8-13(9-11-14)12-18-15(19)6-4-5-7-16(20)21/h13-14H,4-12H2,1-3H3,(H,18,19)(H,20,21). The van der Waals surface area contributed by atoms with Crippen molar-refractivity contribution in [1.82, 2.24) is 5.32 Å². The molecule has 1 rings (SSSR count). The Morgan fingerprint density at radius 1 is 1.05 bits per heavy atom. The van der Waals surface area contributed by atoms with Crippen LogP contribution in [-0.2, 0) is 9.59 Å². The third-order valence-corrected chi connectivity index (χ3v) is 4.70. The number of unbranched alkanes of at least 4 members (excludes halogenated alkanes) is 1. The number of carboxylic acids is 1. The molecule has 0 saturated heterocycles. The number of nitrogens with one attached hydrogen (secondary N) is 1. The molecule has 1 aliphatic rings. The Bertz CT molecular complexity index is 338. The predicted octanol–water partition coefficient (Wildman–Crippen LogP) is 3.60. The highest BCUT2D eigenvalue weighted by Crippen LogP contribution is 2.39. The molecule has 21 heavy (non-hydrogen) atoms. The van der Waals surface area contributed by atoms with Gasteiger partial charge in [-0.2, -0.15) is 0 Å². The van der Waals surface area contributed by atoms with Crippen molar-refractivity contribution in [2.75, 3.05) is 6.54 Å². The van der Waals surface area contributed by atoms with Crippen molar-refractivity contribution in [1.29, 1.82) is 0 Å². The van der Waals surface area contributed by atoms with E-state index in [9.17, 15) is 9.59 Å². The molecule has 4 heteroatoms. The average Bonchev–Trinajstić information content (AvgIpc) is 2.40. The molecule has 122 valence electrons. The average molecular weight is 297 g/mol. The fourth-order valence-electron chi connectivity index (χ4n) is 3.14. The molecule has 0 aromatic heterocycles. The third kappa shape index (κ3) is 7.49. The summed E-state index contributed by atoms with van der Waals surface area (Å²) < 4.78 is 0. The molecule has 0 aromatic carbocycles. The van der Waals surface area contributed by atoms with E-state index in [4.69, 9.17) is 5.11 Å². The zero-order valence-electron chi connectivity index (χ0n) is 13.8. The number of aliphatic carboxylic acids is 1. The lowest BCUT2D eigenvalue weighted by Crippen LogP contribution is -2.33. The maximum absolute atomic E-state index is 11.7. The van der Waals surface area contributed by atoms with Crippen LogP contribution in [0, 0.1) is 17.3 Å². The van der Waals surface area contributed by atoms with Crippen LogP contribution in [0.5, 0.6) is 0 Å². The van der Waals surface area contributed by atoms with E-state index < -0.39 is 5.97 Å². The van der Waals surface area contributed by atoms with Gasteiger partial charge in [0.1, 0.15) is 0 Å². The summed E-state index contributed by atoms with van der Waals surface area (Å²) in [6, 6.07) is 0. The SMILES string of the molecule is CC(C)(C)C1CCC(CNC(=O)CCCCC(=O)O)CC1. The number of hydrogen-bond donors (Lipinski definition) is 2. The van der Waals surface area contributed by atoms with Gasteiger partial charge in [0.25, 0.3) is 0 Å². The van der Waals surface area contributed by atoms with Crippen LogP contribution in [0.3, 0.4) is 0 Å². The van der Waals surface area contributed by atoms with Gasteiger partial charge in [-0.05, 0) is 55.8 Å². The lowest BCUT2D eigenvalue weighted by Gasteiger charge is -2.37. The number of hydrogen-bond acceptors (Lipinski definition) is 2. The van der Waals surface area contributed by atoms with Gasteiger partial charge in [0.2, 0.25) is 5.91 Å². The number of amides is 1. The molecule has 0 aromatic rings. The molecule has 0 bridgehead atoms. The van der Waals surface area contributed by atoms with E-state index >= 15 is 0 Å². The molecule has 1 fully saturated rings. The molecule has 0 aliphatic heterocycles. The molecule has 1 amide bonds. The first-order valence-corrected chi connectivity index (χ1v) is 8.27.